The largest absolute Gasteiger partial charge is 0.382 e. The molecule has 1 aromatic heterocycles. The summed E-state index contributed by atoms with van der Waals surface area (Å²) in [6.45, 7) is 4.79. The molecule has 0 atom stereocenters. The Balaban J connectivity index is 2.25. The molecule has 0 bridgehead atoms. The number of hydrogen-bond acceptors (Lipinski definition) is 4. The molecule has 1 heterocycles. The first kappa shape index (κ1) is 12.6. The Morgan fingerprint density at radius 1 is 1.47 bits per heavy atom. The van der Waals surface area contributed by atoms with Gasteiger partial charge in [-0.25, -0.2) is 4.98 Å². The predicted molar refractivity (Wildman–Crippen MR) is 74.2 cm³/mol. The van der Waals surface area contributed by atoms with Crippen LogP contribution in [0.3, 0.4) is 0 Å². The van der Waals surface area contributed by atoms with Crippen molar-refractivity contribution in [1.82, 2.24) is 4.98 Å². The molecule has 0 saturated carbocycles. The van der Waals surface area contributed by atoms with Crippen molar-refractivity contribution in [3.8, 4) is 0 Å². The minimum Gasteiger partial charge on any atom is -0.382 e. The Labute approximate surface area is 110 Å². The summed E-state index contributed by atoms with van der Waals surface area (Å²) in [5.41, 5.74) is 0.796. The number of nitrogens with zero attached hydrogens (tertiary/aromatic N) is 1. The van der Waals surface area contributed by atoms with E-state index in [-0.39, 0.29) is 5.54 Å². The Kier molecular flexibility index (Phi) is 3.56. The SMILES string of the molecule is COCC(C)(C)Nc1nc2cc(Cl)ccc2s1. The zero-order chi connectivity index (χ0) is 12.5. The van der Waals surface area contributed by atoms with Crippen LogP contribution < -0.4 is 5.32 Å². The molecule has 0 aliphatic heterocycles. The highest BCUT2D eigenvalue weighted by Gasteiger charge is 2.18. The van der Waals surface area contributed by atoms with E-state index in [0.29, 0.717) is 11.6 Å². The van der Waals surface area contributed by atoms with E-state index in [1.54, 1.807) is 18.4 Å². The summed E-state index contributed by atoms with van der Waals surface area (Å²) in [5.74, 6) is 0. The number of thiazole rings is 1. The molecule has 0 saturated heterocycles. The van der Waals surface area contributed by atoms with Gasteiger partial charge in [-0.05, 0) is 32.0 Å². The highest BCUT2D eigenvalue weighted by Crippen LogP contribution is 2.29. The van der Waals surface area contributed by atoms with Crippen LogP contribution in [0.2, 0.25) is 5.02 Å². The first-order chi connectivity index (χ1) is 8.00. The Hall–Kier alpha value is -0.840. The van der Waals surface area contributed by atoms with Crippen molar-refractivity contribution >= 4 is 38.3 Å². The molecule has 0 aliphatic rings. The van der Waals surface area contributed by atoms with Crippen molar-refractivity contribution in [3.05, 3.63) is 23.2 Å². The monoisotopic (exact) mass is 270 g/mol. The molecule has 0 unspecified atom stereocenters. The van der Waals surface area contributed by atoms with Gasteiger partial charge in [-0.3, -0.25) is 0 Å². The molecule has 17 heavy (non-hydrogen) atoms. The van der Waals surface area contributed by atoms with E-state index in [0.717, 1.165) is 15.3 Å². The normalized spacial score (nSPS) is 12.0. The van der Waals surface area contributed by atoms with E-state index < -0.39 is 0 Å². The van der Waals surface area contributed by atoms with Gasteiger partial charge in [0.1, 0.15) is 0 Å². The van der Waals surface area contributed by atoms with Gasteiger partial charge < -0.3 is 10.1 Å². The van der Waals surface area contributed by atoms with Crippen molar-refractivity contribution in [2.45, 2.75) is 19.4 Å². The van der Waals surface area contributed by atoms with Crippen LogP contribution >= 0.6 is 22.9 Å². The van der Waals surface area contributed by atoms with Crippen LogP contribution in [0.1, 0.15) is 13.8 Å². The summed E-state index contributed by atoms with van der Waals surface area (Å²) >= 11 is 7.56. The zero-order valence-corrected chi connectivity index (χ0v) is 11.7. The topological polar surface area (TPSA) is 34.1 Å². The standard InChI is InChI=1S/C12H15ClN2OS/c1-12(2,7-16-3)15-11-14-9-6-8(13)4-5-10(9)17-11/h4-6H,7H2,1-3H3,(H,14,15). The van der Waals surface area contributed by atoms with Gasteiger partial charge in [-0.1, -0.05) is 22.9 Å². The van der Waals surface area contributed by atoms with E-state index >= 15 is 0 Å². The first-order valence-electron chi connectivity index (χ1n) is 5.33. The quantitative estimate of drug-likeness (QED) is 0.918. The van der Waals surface area contributed by atoms with Gasteiger partial charge >= 0.3 is 0 Å². The van der Waals surface area contributed by atoms with Gasteiger partial charge in [0.15, 0.2) is 5.13 Å². The van der Waals surface area contributed by atoms with E-state index in [9.17, 15) is 0 Å². The Morgan fingerprint density at radius 3 is 2.94 bits per heavy atom. The second kappa shape index (κ2) is 4.80. The molecule has 5 heteroatoms. The van der Waals surface area contributed by atoms with Gasteiger partial charge in [-0.15, -0.1) is 0 Å². The molecule has 3 nitrogen and oxygen atoms in total. The predicted octanol–water partition coefficient (Wildman–Crippen LogP) is 3.79. The number of fused-ring (bicyclic) bond motifs is 1. The van der Waals surface area contributed by atoms with Crippen molar-refractivity contribution in [2.75, 3.05) is 19.0 Å². The summed E-state index contributed by atoms with van der Waals surface area (Å²) in [6.07, 6.45) is 0. The van der Waals surface area contributed by atoms with Crippen LogP contribution in [0.25, 0.3) is 10.2 Å². The summed E-state index contributed by atoms with van der Waals surface area (Å²) in [5, 5.41) is 4.97. The third-order valence-corrected chi connectivity index (χ3v) is 3.49. The lowest BCUT2D eigenvalue weighted by Crippen LogP contribution is -2.35. The number of rotatable bonds is 4. The summed E-state index contributed by atoms with van der Waals surface area (Å²) in [4.78, 5) is 4.51. The third kappa shape index (κ3) is 3.09. The number of nitrogens with one attached hydrogen (secondary N) is 1. The maximum atomic E-state index is 5.93. The number of aromatic nitrogens is 1. The zero-order valence-electron chi connectivity index (χ0n) is 10.1. The third-order valence-electron chi connectivity index (χ3n) is 2.30. The van der Waals surface area contributed by atoms with E-state index in [4.69, 9.17) is 16.3 Å². The van der Waals surface area contributed by atoms with Gasteiger partial charge in [0.2, 0.25) is 0 Å². The molecule has 2 aromatic rings. The fourth-order valence-corrected chi connectivity index (χ4v) is 2.83. The maximum Gasteiger partial charge on any atom is 0.184 e. The maximum absolute atomic E-state index is 5.93. The summed E-state index contributed by atoms with van der Waals surface area (Å²) in [7, 11) is 1.70. The second-order valence-electron chi connectivity index (χ2n) is 4.57. The molecular formula is C12H15ClN2OS. The van der Waals surface area contributed by atoms with Crippen LogP contribution in [-0.4, -0.2) is 24.2 Å². The fourth-order valence-electron chi connectivity index (χ4n) is 1.64. The van der Waals surface area contributed by atoms with Crippen molar-refractivity contribution < 1.29 is 4.74 Å². The van der Waals surface area contributed by atoms with Crippen molar-refractivity contribution in [2.24, 2.45) is 0 Å². The summed E-state index contributed by atoms with van der Waals surface area (Å²) in [6, 6.07) is 5.75. The Bertz CT molecular complexity index is 524. The smallest absolute Gasteiger partial charge is 0.184 e. The van der Waals surface area contributed by atoms with E-state index in [1.807, 2.05) is 18.2 Å². The average Bonchev–Trinajstić information content (AvgIpc) is 2.57. The number of anilines is 1. The number of methoxy groups -OCH3 is 1. The lowest BCUT2D eigenvalue weighted by molar-refractivity contribution is 0.158. The van der Waals surface area contributed by atoms with Crippen LogP contribution in [0.5, 0.6) is 0 Å². The second-order valence-corrected chi connectivity index (χ2v) is 6.04. The van der Waals surface area contributed by atoms with Crippen LogP contribution in [0, 0.1) is 0 Å². The molecule has 0 aliphatic carbocycles. The minimum atomic E-state index is -0.133. The van der Waals surface area contributed by atoms with Gasteiger partial charge in [0.25, 0.3) is 0 Å². The average molecular weight is 271 g/mol. The molecule has 0 spiro atoms. The number of halogens is 1. The van der Waals surface area contributed by atoms with Crippen molar-refractivity contribution in [1.29, 1.82) is 0 Å². The Morgan fingerprint density at radius 2 is 2.24 bits per heavy atom. The first-order valence-corrected chi connectivity index (χ1v) is 6.53. The fraction of sp³-hybridized carbons (Fsp3) is 0.417. The highest BCUT2D eigenvalue weighted by atomic mass is 35.5. The van der Waals surface area contributed by atoms with Gasteiger partial charge in [0, 0.05) is 12.1 Å². The molecule has 1 aromatic carbocycles. The molecule has 0 radical (unpaired) electrons. The van der Waals surface area contributed by atoms with Gasteiger partial charge in [0.05, 0.1) is 22.4 Å². The van der Waals surface area contributed by atoms with Crippen LogP contribution in [-0.2, 0) is 4.74 Å². The summed E-state index contributed by atoms with van der Waals surface area (Å²) < 4.78 is 6.30. The van der Waals surface area contributed by atoms with Crippen LogP contribution in [0.4, 0.5) is 5.13 Å². The van der Waals surface area contributed by atoms with E-state index in [1.165, 1.54) is 0 Å². The van der Waals surface area contributed by atoms with Crippen molar-refractivity contribution in [3.63, 3.8) is 0 Å². The number of hydrogen-bond donors (Lipinski definition) is 1. The number of benzene rings is 1. The molecule has 2 rings (SSSR count). The number of ether oxygens (including phenoxy) is 1. The lowest BCUT2D eigenvalue weighted by Gasteiger charge is -2.24. The van der Waals surface area contributed by atoms with Crippen LogP contribution in [0.15, 0.2) is 18.2 Å². The highest BCUT2D eigenvalue weighted by molar-refractivity contribution is 7.22. The molecule has 1 N–H and O–H groups in total. The molecule has 0 amide bonds. The minimum absolute atomic E-state index is 0.133. The van der Waals surface area contributed by atoms with E-state index in [2.05, 4.69) is 24.1 Å². The lowest BCUT2D eigenvalue weighted by atomic mass is 10.1. The molecule has 0 fully saturated rings. The van der Waals surface area contributed by atoms with Gasteiger partial charge in [-0.2, -0.15) is 0 Å². The molecule has 92 valence electrons. The molecular weight excluding hydrogens is 256 g/mol.